The van der Waals surface area contributed by atoms with E-state index >= 15 is 0 Å². The Hall–Kier alpha value is -1.13. The van der Waals surface area contributed by atoms with Crippen LogP contribution in [0.4, 0.5) is 0 Å². The first kappa shape index (κ1) is 9.87. The minimum absolute atomic E-state index is 0.286. The van der Waals surface area contributed by atoms with E-state index in [0.717, 1.165) is 0 Å². The molecule has 0 aliphatic carbocycles. The van der Waals surface area contributed by atoms with E-state index < -0.39 is 12.3 Å². The molecule has 0 radical (unpaired) electrons. The highest BCUT2D eigenvalue weighted by molar-refractivity contribution is 5.87. The van der Waals surface area contributed by atoms with Gasteiger partial charge in [0.1, 0.15) is 0 Å². The van der Waals surface area contributed by atoms with Gasteiger partial charge < -0.3 is 4.74 Å². The van der Waals surface area contributed by atoms with Gasteiger partial charge in [0.2, 0.25) is 6.29 Å². The molecular formula is C7H11NO3. The van der Waals surface area contributed by atoms with Gasteiger partial charge >= 0.3 is 5.97 Å². The molecule has 0 rings (SSSR count). The molecule has 0 fully saturated rings. The van der Waals surface area contributed by atoms with E-state index in [1.54, 1.807) is 0 Å². The molecule has 11 heavy (non-hydrogen) atoms. The van der Waals surface area contributed by atoms with Crippen LogP contribution in [0.5, 0.6) is 0 Å². The van der Waals surface area contributed by atoms with Crippen LogP contribution >= 0.6 is 0 Å². The van der Waals surface area contributed by atoms with E-state index in [1.807, 2.05) is 0 Å². The van der Waals surface area contributed by atoms with Crippen LogP contribution in [-0.2, 0) is 14.4 Å². The molecule has 0 amide bonds. The average molecular weight is 157 g/mol. The molecule has 0 heterocycles. The van der Waals surface area contributed by atoms with Crippen LogP contribution in [0.2, 0.25) is 0 Å². The van der Waals surface area contributed by atoms with Crippen LogP contribution in [0.1, 0.15) is 6.92 Å². The van der Waals surface area contributed by atoms with Crippen molar-refractivity contribution < 1.29 is 14.4 Å². The molecule has 0 saturated heterocycles. The maximum atomic E-state index is 10.8. The van der Waals surface area contributed by atoms with E-state index in [0.29, 0.717) is 0 Å². The zero-order valence-electron chi connectivity index (χ0n) is 6.37. The molecule has 1 unspecified atom stereocenters. The molecule has 0 aliphatic heterocycles. The topological polar surface area (TPSA) is 61.6 Å². The summed E-state index contributed by atoms with van der Waals surface area (Å²) < 4.78 is 4.61. The third kappa shape index (κ3) is 3.54. The fourth-order valence-electron chi connectivity index (χ4n) is 0.338. The summed E-state index contributed by atoms with van der Waals surface area (Å²) in [7, 11) is 0. The minimum atomic E-state index is -0.904. The third-order valence-electron chi connectivity index (χ3n) is 0.898. The van der Waals surface area contributed by atoms with Crippen molar-refractivity contribution in [2.24, 2.45) is 5.90 Å². The number of esters is 1. The first-order chi connectivity index (χ1) is 5.11. The first-order valence-corrected chi connectivity index (χ1v) is 2.96. The number of rotatable bonds is 4. The molecule has 0 aliphatic rings. The quantitative estimate of drug-likeness (QED) is 0.212. The van der Waals surface area contributed by atoms with Crippen molar-refractivity contribution in [3.63, 3.8) is 0 Å². The molecule has 0 spiro atoms. The fraction of sp³-hybridized carbons (Fsp3) is 0.286. The van der Waals surface area contributed by atoms with Crippen LogP contribution in [0, 0.1) is 0 Å². The van der Waals surface area contributed by atoms with E-state index in [1.165, 1.54) is 13.0 Å². The lowest BCUT2D eigenvalue weighted by atomic mass is 10.4. The van der Waals surface area contributed by atoms with Crippen molar-refractivity contribution >= 4 is 5.97 Å². The maximum Gasteiger partial charge on any atom is 0.335 e. The zero-order chi connectivity index (χ0) is 8.85. The summed E-state index contributed by atoms with van der Waals surface area (Å²) in [5, 5.41) is 0. The normalized spacial score (nSPS) is 11.8. The lowest BCUT2D eigenvalue weighted by Crippen LogP contribution is -2.22. The zero-order valence-corrected chi connectivity index (χ0v) is 6.37. The van der Waals surface area contributed by atoms with E-state index in [9.17, 15) is 4.79 Å². The van der Waals surface area contributed by atoms with E-state index in [-0.39, 0.29) is 5.57 Å². The second-order valence-corrected chi connectivity index (χ2v) is 1.93. The summed E-state index contributed by atoms with van der Waals surface area (Å²) in [6.45, 7) is 8.23. The van der Waals surface area contributed by atoms with Crippen LogP contribution in [0.15, 0.2) is 24.8 Å². The summed E-state index contributed by atoms with van der Waals surface area (Å²) >= 11 is 0. The molecule has 0 aromatic heterocycles. The SMILES string of the molecule is C=CC(ON)OC(=O)C(=C)C. The molecule has 4 nitrogen and oxygen atoms in total. The highest BCUT2D eigenvalue weighted by atomic mass is 16.8. The number of carbonyl (C=O) groups excluding carboxylic acids is 1. The lowest BCUT2D eigenvalue weighted by Gasteiger charge is -2.10. The van der Waals surface area contributed by atoms with Gasteiger partial charge in [-0.3, -0.25) is 4.84 Å². The molecule has 62 valence electrons. The summed E-state index contributed by atoms with van der Waals surface area (Å²) in [4.78, 5) is 15.0. The number of hydrogen-bond acceptors (Lipinski definition) is 4. The summed E-state index contributed by atoms with van der Waals surface area (Å²) in [5.41, 5.74) is 0.286. The van der Waals surface area contributed by atoms with Gasteiger partial charge in [0, 0.05) is 5.57 Å². The average Bonchev–Trinajstić information content (AvgIpc) is 1.99. The maximum absolute atomic E-state index is 10.8. The second kappa shape index (κ2) is 4.65. The fourth-order valence-corrected chi connectivity index (χ4v) is 0.338. The van der Waals surface area contributed by atoms with Crippen LogP contribution in [0.3, 0.4) is 0 Å². The third-order valence-corrected chi connectivity index (χ3v) is 0.898. The van der Waals surface area contributed by atoms with Crippen LogP contribution < -0.4 is 5.90 Å². The molecule has 0 saturated carbocycles. The van der Waals surface area contributed by atoms with Crippen molar-refractivity contribution in [1.29, 1.82) is 0 Å². The highest BCUT2D eigenvalue weighted by Gasteiger charge is 2.09. The van der Waals surface area contributed by atoms with Gasteiger partial charge in [0.25, 0.3) is 0 Å². The molecule has 0 bridgehead atoms. The smallest absolute Gasteiger partial charge is 0.335 e. The van der Waals surface area contributed by atoms with Gasteiger partial charge in [0.15, 0.2) is 0 Å². The van der Waals surface area contributed by atoms with E-state index in [4.69, 9.17) is 5.90 Å². The molecule has 2 N–H and O–H groups in total. The number of ether oxygens (including phenoxy) is 1. The Balaban J connectivity index is 3.91. The molecule has 0 aromatic carbocycles. The number of hydrogen-bond donors (Lipinski definition) is 1. The summed E-state index contributed by atoms with van der Waals surface area (Å²) in [6, 6.07) is 0. The minimum Gasteiger partial charge on any atom is -0.427 e. The predicted molar refractivity (Wildman–Crippen MR) is 40.2 cm³/mol. The first-order valence-electron chi connectivity index (χ1n) is 2.96. The number of nitrogens with two attached hydrogens (primary N) is 1. The Bertz CT molecular complexity index is 177. The van der Waals surface area contributed by atoms with Gasteiger partial charge in [-0.15, -0.1) is 0 Å². The van der Waals surface area contributed by atoms with Gasteiger partial charge in [-0.1, -0.05) is 13.2 Å². The standard InChI is InChI=1S/C7H11NO3/c1-4-6(11-8)10-7(9)5(2)3/h4,6H,1-2,8H2,3H3. The summed E-state index contributed by atoms with van der Waals surface area (Å²) in [5.74, 6) is 4.20. The van der Waals surface area contributed by atoms with Crippen molar-refractivity contribution in [3.8, 4) is 0 Å². The Morgan fingerprint density at radius 1 is 1.73 bits per heavy atom. The molecule has 1 atom stereocenters. The highest BCUT2D eigenvalue weighted by Crippen LogP contribution is 1.98. The molecular weight excluding hydrogens is 146 g/mol. The Kier molecular flexibility index (Phi) is 4.17. The summed E-state index contributed by atoms with van der Waals surface area (Å²) in [6.07, 6.45) is 0.361. The van der Waals surface area contributed by atoms with Gasteiger partial charge in [0.05, 0.1) is 0 Å². The lowest BCUT2D eigenvalue weighted by molar-refractivity contribution is -0.164. The predicted octanol–water partition coefficient (Wildman–Crippen LogP) is 0.508. The second-order valence-electron chi connectivity index (χ2n) is 1.93. The monoisotopic (exact) mass is 157 g/mol. The van der Waals surface area contributed by atoms with Crippen LogP contribution in [-0.4, -0.2) is 12.3 Å². The Morgan fingerprint density at radius 2 is 2.27 bits per heavy atom. The van der Waals surface area contributed by atoms with Gasteiger partial charge in [-0.25, -0.2) is 10.7 Å². The Labute approximate surface area is 65.2 Å². The van der Waals surface area contributed by atoms with Crippen molar-refractivity contribution in [3.05, 3.63) is 24.8 Å². The van der Waals surface area contributed by atoms with Crippen molar-refractivity contribution in [2.75, 3.05) is 0 Å². The van der Waals surface area contributed by atoms with Gasteiger partial charge in [-0.2, -0.15) is 0 Å². The van der Waals surface area contributed by atoms with Crippen molar-refractivity contribution in [1.82, 2.24) is 0 Å². The van der Waals surface area contributed by atoms with Crippen LogP contribution in [0.25, 0.3) is 0 Å². The van der Waals surface area contributed by atoms with E-state index in [2.05, 4.69) is 22.7 Å². The number of carbonyl (C=O) groups is 1. The largest absolute Gasteiger partial charge is 0.427 e. The van der Waals surface area contributed by atoms with Gasteiger partial charge in [-0.05, 0) is 13.0 Å². The Morgan fingerprint density at radius 3 is 2.55 bits per heavy atom. The molecule has 0 aromatic rings. The van der Waals surface area contributed by atoms with Crippen molar-refractivity contribution in [2.45, 2.75) is 13.2 Å². The molecule has 4 heteroatoms.